The van der Waals surface area contributed by atoms with Gasteiger partial charge in [0.25, 0.3) is 5.91 Å². The van der Waals surface area contributed by atoms with Crippen LogP contribution in [-0.4, -0.2) is 65.7 Å². The van der Waals surface area contributed by atoms with Gasteiger partial charge in [-0.15, -0.1) is 5.10 Å². The van der Waals surface area contributed by atoms with Crippen molar-refractivity contribution >= 4 is 5.91 Å². The smallest absolute Gasteiger partial charge is 0.273 e. The molecule has 0 unspecified atom stereocenters. The van der Waals surface area contributed by atoms with Gasteiger partial charge in [0.15, 0.2) is 5.69 Å². The summed E-state index contributed by atoms with van der Waals surface area (Å²) < 4.78 is 6.75. The number of nitrogens with one attached hydrogen (secondary N) is 1. The van der Waals surface area contributed by atoms with Crippen LogP contribution in [0.1, 0.15) is 43.2 Å². The maximum absolute atomic E-state index is 11.9. The van der Waals surface area contributed by atoms with Gasteiger partial charge in [0.1, 0.15) is 0 Å². The van der Waals surface area contributed by atoms with E-state index in [9.17, 15) is 4.79 Å². The van der Waals surface area contributed by atoms with Crippen molar-refractivity contribution < 1.29 is 9.53 Å². The molecule has 1 aliphatic heterocycles. The molecule has 1 aliphatic rings. The summed E-state index contributed by atoms with van der Waals surface area (Å²) >= 11 is 0. The highest BCUT2D eigenvalue weighted by Crippen LogP contribution is 2.21. The second-order valence-electron chi connectivity index (χ2n) is 6.15. The van der Waals surface area contributed by atoms with Crippen molar-refractivity contribution in [3.05, 3.63) is 23.5 Å². The molecule has 128 valence electrons. The summed E-state index contributed by atoms with van der Waals surface area (Å²) in [5, 5.41) is 10.9. The molecule has 0 aromatic carbocycles. The molecule has 0 radical (unpaired) electrons. The van der Waals surface area contributed by atoms with Gasteiger partial charge in [-0.3, -0.25) is 9.69 Å². The lowest BCUT2D eigenvalue weighted by molar-refractivity contribution is 0.0932. The van der Waals surface area contributed by atoms with E-state index in [0.717, 1.165) is 32.5 Å². The van der Waals surface area contributed by atoms with Crippen molar-refractivity contribution in [3.63, 3.8) is 0 Å². The van der Waals surface area contributed by atoms with E-state index in [2.05, 4.69) is 40.5 Å². The van der Waals surface area contributed by atoms with E-state index in [1.165, 1.54) is 5.57 Å². The lowest BCUT2D eigenvalue weighted by Gasteiger charge is -2.31. The van der Waals surface area contributed by atoms with Crippen molar-refractivity contribution in [1.29, 1.82) is 0 Å². The SMILES string of the molecule is COCCNC(=O)c1cn(C2CCN(CC=C(C)C)CC2)nn1. The van der Waals surface area contributed by atoms with Gasteiger partial charge in [0.2, 0.25) is 0 Å². The second kappa shape index (κ2) is 8.79. The summed E-state index contributed by atoms with van der Waals surface area (Å²) in [6.07, 6.45) is 6.08. The van der Waals surface area contributed by atoms with Crippen molar-refractivity contribution in [3.8, 4) is 0 Å². The molecular formula is C16H27N5O2. The minimum Gasteiger partial charge on any atom is -0.383 e. The number of likely N-dealkylation sites (tertiary alicyclic amines) is 1. The number of rotatable bonds is 7. The molecule has 0 bridgehead atoms. The number of methoxy groups -OCH3 is 1. The number of aromatic nitrogens is 3. The maximum atomic E-state index is 11.9. The zero-order valence-corrected chi connectivity index (χ0v) is 14.3. The fourth-order valence-electron chi connectivity index (χ4n) is 2.59. The Morgan fingerprint density at radius 1 is 1.43 bits per heavy atom. The molecule has 7 heteroatoms. The Hall–Kier alpha value is -1.73. The Kier molecular flexibility index (Phi) is 6.73. The first-order valence-electron chi connectivity index (χ1n) is 8.15. The first kappa shape index (κ1) is 17.6. The van der Waals surface area contributed by atoms with Crippen LogP contribution in [0.3, 0.4) is 0 Å². The van der Waals surface area contributed by atoms with Crippen molar-refractivity contribution in [2.45, 2.75) is 32.7 Å². The molecule has 1 aromatic heterocycles. The Morgan fingerprint density at radius 2 is 2.17 bits per heavy atom. The monoisotopic (exact) mass is 321 g/mol. The van der Waals surface area contributed by atoms with Crippen LogP contribution < -0.4 is 5.32 Å². The predicted molar refractivity (Wildman–Crippen MR) is 88.4 cm³/mol. The average molecular weight is 321 g/mol. The quantitative estimate of drug-likeness (QED) is 0.604. The average Bonchev–Trinajstić information content (AvgIpc) is 3.03. The van der Waals surface area contributed by atoms with Crippen LogP contribution in [0.25, 0.3) is 0 Å². The van der Waals surface area contributed by atoms with Crippen LogP contribution in [0.15, 0.2) is 17.8 Å². The fraction of sp³-hybridized carbons (Fsp3) is 0.688. The molecule has 0 spiro atoms. The molecule has 0 atom stereocenters. The highest BCUT2D eigenvalue weighted by atomic mass is 16.5. The predicted octanol–water partition coefficient (Wildman–Crippen LogP) is 1.26. The number of nitrogens with zero attached hydrogens (tertiary/aromatic N) is 4. The van der Waals surface area contributed by atoms with Gasteiger partial charge in [-0.1, -0.05) is 16.9 Å². The minimum absolute atomic E-state index is 0.200. The largest absolute Gasteiger partial charge is 0.383 e. The van der Waals surface area contributed by atoms with Crippen molar-refractivity contribution in [2.75, 3.05) is 39.9 Å². The summed E-state index contributed by atoms with van der Waals surface area (Å²) in [5.41, 5.74) is 1.72. The Labute approximate surface area is 137 Å². The summed E-state index contributed by atoms with van der Waals surface area (Å²) in [7, 11) is 1.60. The lowest BCUT2D eigenvalue weighted by atomic mass is 10.1. The molecule has 0 aliphatic carbocycles. The first-order chi connectivity index (χ1) is 11.1. The van der Waals surface area contributed by atoms with Crippen molar-refractivity contribution in [2.24, 2.45) is 0 Å². The highest BCUT2D eigenvalue weighted by Gasteiger charge is 2.22. The highest BCUT2D eigenvalue weighted by molar-refractivity contribution is 5.91. The number of amides is 1. The van der Waals surface area contributed by atoms with E-state index in [0.29, 0.717) is 24.9 Å². The number of piperidine rings is 1. The Bertz CT molecular complexity index is 528. The maximum Gasteiger partial charge on any atom is 0.273 e. The molecule has 2 rings (SSSR count). The second-order valence-corrected chi connectivity index (χ2v) is 6.15. The molecule has 7 nitrogen and oxygen atoms in total. The summed E-state index contributed by atoms with van der Waals surface area (Å²) in [6, 6.07) is 0.325. The van der Waals surface area contributed by atoms with Gasteiger partial charge < -0.3 is 10.1 Å². The van der Waals surface area contributed by atoms with E-state index in [4.69, 9.17) is 4.74 Å². The number of ether oxygens (including phenoxy) is 1. The first-order valence-corrected chi connectivity index (χ1v) is 8.15. The van der Waals surface area contributed by atoms with Crippen LogP contribution in [0, 0.1) is 0 Å². The van der Waals surface area contributed by atoms with Gasteiger partial charge in [0.05, 0.1) is 18.8 Å². The summed E-state index contributed by atoms with van der Waals surface area (Å²) in [6.45, 7) is 8.32. The number of hydrogen-bond acceptors (Lipinski definition) is 5. The zero-order valence-electron chi connectivity index (χ0n) is 14.3. The summed E-state index contributed by atoms with van der Waals surface area (Å²) in [4.78, 5) is 14.4. The van der Waals surface area contributed by atoms with E-state index in [1.807, 2.05) is 4.68 Å². The molecule has 1 amide bonds. The molecule has 1 saturated heterocycles. The minimum atomic E-state index is -0.200. The third-order valence-corrected chi connectivity index (χ3v) is 4.02. The lowest BCUT2D eigenvalue weighted by Crippen LogP contribution is -2.35. The molecule has 1 aromatic rings. The molecular weight excluding hydrogens is 294 g/mol. The molecule has 1 fully saturated rings. The normalized spacial score (nSPS) is 16.3. The standard InChI is InChI=1S/C16H27N5O2/c1-13(2)4-8-20-9-5-14(6-10-20)21-12-15(18-19-21)16(22)17-7-11-23-3/h4,12,14H,5-11H2,1-3H3,(H,17,22). The number of carbonyl (C=O) groups is 1. The fourth-order valence-corrected chi connectivity index (χ4v) is 2.59. The zero-order chi connectivity index (χ0) is 16.7. The third kappa shape index (κ3) is 5.44. The Morgan fingerprint density at radius 3 is 2.83 bits per heavy atom. The van der Waals surface area contributed by atoms with Gasteiger partial charge in [-0.2, -0.15) is 0 Å². The van der Waals surface area contributed by atoms with Crippen LogP contribution >= 0.6 is 0 Å². The van der Waals surface area contributed by atoms with E-state index < -0.39 is 0 Å². The number of carbonyl (C=O) groups excluding carboxylic acids is 1. The van der Waals surface area contributed by atoms with Gasteiger partial charge >= 0.3 is 0 Å². The molecule has 1 N–H and O–H groups in total. The van der Waals surface area contributed by atoms with Crippen LogP contribution in [0.5, 0.6) is 0 Å². The van der Waals surface area contributed by atoms with Crippen LogP contribution in [0.2, 0.25) is 0 Å². The Balaban J connectivity index is 1.82. The number of allylic oxidation sites excluding steroid dienone is 1. The third-order valence-electron chi connectivity index (χ3n) is 4.02. The van der Waals surface area contributed by atoms with E-state index in [-0.39, 0.29) is 5.91 Å². The van der Waals surface area contributed by atoms with E-state index in [1.54, 1.807) is 13.3 Å². The van der Waals surface area contributed by atoms with Crippen LogP contribution in [0.4, 0.5) is 0 Å². The van der Waals surface area contributed by atoms with Gasteiger partial charge in [0, 0.05) is 33.3 Å². The van der Waals surface area contributed by atoms with Crippen LogP contribution in [-0.2, 0) is 4.74 Å². The van der Waals surface area contributed by atoms with Gasteiger partial charge in [-0.25, -0.2) is 4.68 Å². The number of hydrogen-bond donors (Lipinski definition) is 1. The van der Waals surface area contributed by atoms with E-state index >= 15 is 0 Å². The van der Waals surface area contributed by atoms with Gasteiger partial charge in [-0.05, 0) is 26.7 Å². The molecule has 2 heterocycles. The summed E-state index contributed by atoms with van der Waals surface area (Å²) in [5.74, 6) is -0.200. The topological polar surface area (TPSA) is 72.3 Å². The van der Waals surface area contributed by atoms with Crippen molar-refractivity contribution in [1.82, 2.24) is 25.2 Å². The molecule has 0 saturated carbocycles. The molecule has 23 heavy (non-hydrogen) atoms.